The predicted molar refractivity (Wildman–Crippen MR) is 54.9 cm³/mol. The minimum Gasteiger partial charge on any atom is -0.312 e. The van der Waals surface area contributed by atoms with Gasteiger partial charge in [0.1, 0.15) is 0 Å². The van der Waals surface area contributed by atoms with E-state index in [-0.39, 0.29) is 4.90 Å². The number of fused-ring (bicyclic) bond motifs is 1. The van der Waals surface area contributed by atoms with E-state index in [1.165, 1.54) is 0 Å². The number of nitrogens with one attached hydrogen (secondary N) is 1. The van der Waals surface area contributed by atoms with E-state index in [4.69, 9.17) is 10.7 Å². The topological polar surface area (TPSA) is 46.2 Å². The summed E-state index contributed by atoms with van der Waals surface area (Å²) in [6.07, 6.45) is 0.720. The maximum Gasteiger partial charge on any atom is 0.261 e. The van der Waals surface area contributed by atoms with E-state index in [1.807, 2.05) is 6.07 Å². The second-order valence-electron chi connectivity index (χ2n) is 3.26. The van der Waals surface area contributed by atoms with Gasteiger partial charge in [0.25, 0.3) is 9.05 Å². The summed E-state index contributed by atoms with van der Waals surface area (Å²) in [7, 11) is 1.75. The highest BCUT2D eigenvalue weighted by molar-refractivity contribution is 8.13. The van der Waals surface area contributed by atoms with E-state index in [9.17, 15) is 8.42 Å². The number of hydrogen-bond donors (Lipinski definition) is 1. The molecule has 0 bridgehead atoms. The molecule has 1 aromatic carbocycles. The van der Waals surface area contributed by atoms with Gasteiger partial charge in [-0.1, -0.05) is 12.1 Å². The third kappa shape index (κ3) is 1.78. The van der Waals surface area contributed by atoms with Crippen molar-refractivity contribution in [2.24, 2.45) is 0 Å². The van der Waals surface area contributed by atoms with E-state index in [0.717, 1.165) is 30.6 Å². The fourth-order valence-electron chi connectivity index (χ4n) is 1.73. The Bertz CT molecular complexity index is 456. The first-order chi connectivity index (χ1) is 6.59. The quantitative estimate of drug-likeness (QED) is 0.741. The minimum absolute atomic E-state index is 0.262. The molecule has 0 aliphatic carbocycles. The molecule has 3 nitrogen and oxygen atoms in total. The molecule has 0 unspecified atom stereocenters. The first-order valence-corrected chi connectivity index (χ1v) is 6.66. The molecule has 1 aliphatic rings. The molecule has 14 heavy (non-hydrogen) atoms. The average molecular weight is 232 g/mol. The smallest absolute Gasteiger partial charge is 0.261 e. The molecule has 0 spiro atoms. The zero-order chi connectivity index (χ0) is 10.2. The molecule has 0 fully saturated rings. The second kappa shape index (κ2) is 3.53. The number of rotatable bonds is 1. The van der Waals surface area contributed by atoms with Gasteiger partial charge in [-0.05, 0) is 30.2 Å². The van der Waals surface area contributed by atoms with Gasteiger partial charge in [0.2, 0.25) is 0 Å². The van der Waals surface area contributed by atoms with Gasteiger partial charge in [-0.25, -0.2) is 8.42 Å². The van der Waals surface area contributed by atoms with E-state index in [1.54, 1.807) is 12.1 Å². The first-order valence-electron chi connectivity index (χ1n) is 4.35. The van der Waals surface area contributed by atoms with Gasteiger partial charge in [-0.2, -0.15) is 0 Å². The van der Waals surface area contributed by atoms with Crippen molar-refractivity contribution in [3.63, 3.8) is 0 Å². The summed E-state index contributed by atoms with van der Waals surface area (Å²) in [5, 5.41) is 3.18. The Hall–Kier alpha value is -0.580. The van der Waals surface area contributed by atoms with Crippen molar-refractivity contribution in [3.05, 3.63) is 29.3 Å². The molecule has 0 atom stereocenters. The van der Waals surface area contributed by atoms with E-state index in [2.05, 4.69) is 5.32 Å². The highest BCUT2D eigenvalue weighted by atomic mass is 35.7. The van der Waals surface area contributed by atoms with Crippen LogP contribution in [0.25, 0.3) is 0 Å². The summed E-state index contributed by atoms with van der Waals surface area (Å²) in [5.41, 5.74) is 1.89. The molecular weight excluding hydrogens is 222 g/mol. The van der Waals surface area contributed by atoms with Crippen molar-refractivity contribution in [2.45, 2.75) is 17.9 Å². The van der Waals surface area contributed by atoms with Crippen molar-refractivity contribution in [1.82, 2.24) is 5.32 Å². The predicted octanol–water partition coefficient (Wildman–Crippen LogP) is 1.26. The summed E-state index contributed by atoms with van der Waals surface area (Å²) >= 11 is 0. The van der Waals surface area contributed by atoms with Crippen LogP contribution in [0.4, 0.5) is 0 Å². The second-order valence-corrected chi connectivity index (χ2v) is 5.79. The Balaban J connectivity index is 2.62. The van der Waals surface area contributed by atoms with E-state index in [0.29, 0.717) is 0 Å². The molecule has 1 aliphatic heterocycles. The van der Waals surface area contributed by atoms with Gasteiger partial charge in [0, 0.05) is 17.2 Å². The van der Waals surface area contributed by atoms with Gasteiger partial charge in [0.15, 0.2) is 0 Å². The largest absolute Gasteiger partial charge is 0.312 e. The van der Waals surface area contributed by atoms with Crippen molar-refractivity contribution in [3.8, 4) is 0 Å². The highest BCUT2D eigenvalue weighted by Crippen LogP contribution is 2.25. The van der Waals surface area contributed by atoms with Crippen molar-refractivity contribution >= 4 is 19.7 Å². The first kappa shape index (κ1) is 9.96. The summed E-state index contributed by atoms with van der Waals surface area (Å²) in [6, 6.07) is 5.21. The maximum absolute atomic E-state index is 11.2. The maximum atomic E-state index is 11.2. The molecule has 76 valence electrons. The third-order valence-electron chi connectivity index (χ3n) is 2.36. The lowest BCUT2D eigenvalue weighted by Gasteiger charge is -2.18. The molecule has 0 saturated carbocycles. The average Bonchev–Trinajstić information content (AvgIpc) is 2.15. The summed E-state index contributed by atoms with van der Waals surface area (Å²) in [4.78, 5) is 0.262. The highest BCUT2D eigenvalue weighted by Gasteiger charge is 2.19. The van der Waals surface area contributed by atoms with Crippen LogP contribution in [0, 0.1) is 0 Å². The number of benzene rings is 1. The lowest BCUT2D eigenvalue weighted by Crippen LogP contribution is -2.24. The van der Waals surface area contributed by atoms with E-state index >= 15 is 0 Å². The Labute approximate surface area is 87.5 Å². The molecule has 5 heteroatoms. The fraction of sp³-hybridized carbons (Fsp3) is 0.333. The van der Waals surface area contributed by atoms with Crippen molar-refractivity contribution < 1.29 is 8.42 Å². The molecule has 0 radical (unpaired) electrons. The van der Waals surface area contributed by atoms with Crippen LogP contribution >= 0.6 is 10.7 Å². The van der Waals surface area contributed by atoms with Crippen molar-refractivity contribution in [1.29, 1.82) is 0 Å². The Kier molecular flexibility index (Phi) is 2.51. The zero-order valence-electron chi connectivity index (χ0n) is 7.46. The van der Waals surface area contributed by atoms with Crippen LogP contribution in [-0.2, 0) is 22.0 Å². The summed E-state index contributed by atoms with van der Waals surface area (Å²) < 4.78 is 22.5. The van der Waals surface area contributed by atoms with Crippen LogP contribution in [0.2, 0.25) is 0 Å². The molecule has 1 heterocycles. The number of hydrogen-bond acceptors (Lipinski definition) is 3. The SMILES string of the molecule is O=S(=O)(Cl)c1cccc2c1CCNC2. The molecule has 2 rings (SSSR count). The van der Waals surface area contributed by atoms with Gasteiger partial charge >= 0.3 is 0 Å². The molecule has 1 aromatic rings. The summed E-state index contributed by atoms with van der Waals surface area (Å²) in [6.45, 7) is 1.52. The number of halogens is 1. The van der Waals surface area contributed by atoms with Crippen LogP contribution in [-0.4, -0.2) is 15.0 Å². The monoisotopic (exact) mass is 231 g/mol. The molecule has 0 aromatic heterocycles. The Morgan fingerprint density at radius 3 is 2.86 bits per heavy atom. The lowest BCUT2D eigenvalue weighted by atomic mass is 10.0. The summed E-state index contributed by atoms with van der Waals surface area (Å²) in [5.74, 6) is 0. The molecule has 0 saturated heterocycles. The third-order valence-corrected chi connectivity index (χ3v) is 3.77. The molecule has 1 N–H and O–H groups in total. The van der Waals surface area contributed by atoms with Crippen LogP contribution in [0.1, 0.15) is 11.1 Å². The zero-order valence-corrected chi connectivity index (χ0v) is 9.03. The Morgan fingerprint density at radius 2 is 2.14 bits per heavy atom. The Morgan fingerprint density at radius 1 is 1.36 bits per heavy atom. The molecule has 0 amide bonds. The van der Waals surface area contributed by atoms with Crippen LogP contribution in [0.15, 0.2) is 23.1 Å². The van der Waals surface area contributed by atoms with Crippen LogP contribution in [0.3, 0.4) is 0 Å². The van der Waals surface area contributed by atoms with Crippen LogP contribution < -0.4 is 5.32 Å². The van der Waals surface area contributed by atoms with E-state index < -0.39 is 9.05 Å². The molecular formula is C9H10ClNO2S. The van der Waals surface area contributed by atoms with Gasteiger partial charge < -0.3 is 5.32 Å². The fourth-order valence-corrected chi connectivity index (χ4v) is 2.93. The van der Waals surface area contributed by atoms with Gasteiger partial charge in [0.05, 0.1) is 4.90 Å². The standard InChI is InChI=1S/C9H10ClNO2S/c10-14(12,13)9-3-1-2-7-6-11-5-4-8(7)9/h1-3,11H,4-6H2. The van der Waals surface area contributed by atoms with Gasteiger partial charge in [-0.3, -0.25) is 0 Å². The minimum atomic E-state index is -3.60. The lowest BCUT2D eigenvalue weighted by molar-refractivity contribution is 0.601. The van der Waals surface area contributed by atoms with Crippen molar-refractivity contribution in [2.75, 3.05) is 6.54 Å². The normalized spacial score (nSPS) is 16.4. The van der Waals surface area contributed by atoms with Gasteiger partial charge in [-0.15, -0.1) is 0 Å². The van der Waals surface area contributed by atoms with Crippen LogP contribution in [0.5, 0.6) is 0 Å².